The monoisotopic (exact) mass is 423 g/mol. The normalized spacial score (nSPS) is 11.3. The molecule has 0 bridgehead atoms. The topological polar surface area (TPSA) is 111 Å². The van der Waals surface area contributed by atoms with Crippen LogP contribution < -0.4 is 5.32 Å². The van der Waals surface area contributed by atoms with Gasteiger partial charge in [0, 0.05) is 13.5 Å². The molecule has 0 saturated heterocycles. The SMILES string of the molecule is CC(=O)OCCOCCOCCOCCOCCOCCNC(=O)OC(C)(C)C. The van der Waals surface area contributed by atoms with Crippen LogP contribution in [0.25, 0.3) is 0 Å². The number of esters is 1. The van der Waals surface area contributed by atoms with E-state index in [0.29, 0.717) is 72.6 Å². The number of ether oxygens (including phenoxy) is 7. The summed E-state index contributed by atoms with van der Waals surface area (Å²) in [7, 11) is 0. The molecule has 0 fully saturated rings. The fourth-order valence-corrected chi connectivity index (χ4v) is 1.77. The maximum absolute atomic E-state index is 11.4. The Bertz CT molecular complexity index is 413. The van der Waals surface area contributed by atoms with E-state index in [0.717, 1.165) is 0 Å². The molecular formula is C19H37NO9. The van der Waals surface area contributed by atoms with Gasteiger partial charge in [0.25, 0.3) is 0 Å². The summed E-state index contributed by atoms with van der Waals surface area (Å²) in [6, 6.07) is 0. The van der Waals surface area contributed by atoms with Crippen molar-refractivity contribution in [2.24, 2.45) is 0 Å². The van der Waals surface area contributed by atoms with Crippen LogP contribution >= 0.6 is 0 Å². The van der Waals surface area contributed by atoms with Crippen molar-refractivity contribution in [1.29, 1.82) is 0 Å². The van der Waals surface area contributed by atoms with Crippen molar-refractivity contribution < 1.29 is 42.7 Å². The van der Waals surface area contributed by atoms with E-state index in [-0.39, 0.29) is 12.6 Å². The number of rotatable bonds is 18. The molecule has 0 aromatic rings. The van der Waals surface area contributed by atoms with Crippen molar-refractivity contribution in [3.05, 3.63) is 0 Å². The van der Waals surface area contributed by atoms with Crippen molar-refractivity contribution in [2.75, 3.05) is 79.2 Å². The number of alkyl carbamates (subject to hydrolysis) is 1. The summed E-state index contributed by atoms with van der Waals surface area (Å²) in [6.45, 7) is 11.9. The highest BCUT2D eigenvalue weighted by Gasteiger charge is 2.15. The van der Waals surface area contributed by atoms with Crippen LogP contribution in [0.1, 0.15) is 27.7 Å². The molecule has 0 aliphatic rings. The average Bonchev–Trinajstić information content (AvgIpc) is 2.62. The predicted molar refractivity (Wildman–Crippen MR) is 105 cm³/mol. The lowest BCUT2D eigenvalue weighted by Gasteiger charge is -2.19. The Balaban J connectivity index is 3.14. The van der Waals surface area contributed by atoms with Gasteiger partial charge in [-0.05, 0) is 20.8 Å². The van der Waals surface area contributed by atoms with E-state index in [9.17, 15) is 9.59 Å². The Kier molecular flexibility index (Phi) is 17.6. The number of nitrogens with one attached hydrogen (secondary N) is 1. The molecule has 10 heteroatoms. The van der Waals surface area contributed by atoms with Crippen LogP contribution in [-0.4, -0.2) is 96.9 Å². The summed E-state index contributed by atoms with van der Waals surface area (Å²) in [5.74, 6) is -0.314. The minimum atomic E-state index is -0.505. The molecule has 0 unspecified atom stereocenters. The van der Waals surface area contributed by atoms with Gasteiger partial charge in [0.15, 0.2) is 0 Å². The minimum absolute atomic E-state index is 0.256. The van der Waals surface area contributed by atoms with Gasteiger partial charge < -0.3 is 38.5 Å². The lowest BCUT2D eigenvalue weighted by molar-refractivity contribution is -0.142. The molecule has 0 saturated carbocycles. The molecule has 0 aliphatic heterocycles. The smallest absolute Gasteiger partial charge is 0.407 e. The van der Waals surface area contributed by atoms with Crippen LogP contribution in [0.15, 0.2) is 0 Å². The summed E-state index contributed by atoms with van der Waals surface area (Å²) in [6.07, 6.45) is -0.453. The van der Waals surface area contributed by atoms with E-state index in [1.54, 1.807) is 0 Å². The zero-order chi connectivity index (χ0) is 21.8. The first-order valence-corrected chi connectivity index (χ1v) is 9.80. The lowest BCUT2D eigenvalue weighted by atomic mass is 10.2. The Hall–Kier alpha value is -1.46. The first-order chi connectivity index (χ1) is 13.8. The average molecular weight is 424 g/mol. The summed E-state index contributed by atoms with van der Waals surface area (Å²) in [5.41, 5.74) is -0.505. The minimum Gasteiger partial charge on any atom is -0.463 e. The maximum atomic E-state index is 11.4. The van der Waals surface area contributed by atoms with E-state index in [1.165, 1.54) is 6.92 Å². The third kappa shape index (κ3) is 24.5. The molecule has 29 heavy (non-hydrogen) atoms. The third-order valence-corrected chi connectivity index (χ3v) is 2.94. The van der Waals surface area contributed by atoms with E-state index < -0.39 is 11.7 Å². The van der Waals surface area contributed by atoms with Gasteiger partial charge in [0.1, 0.15) is 12.2 Å². The predicted octanol–water partition coefficient (Wildman–Crippen LogP) is 1.16. The summed E-state index contributed by atoms with van der Waals surface area (Å²) in [4.78, 5) is 21.9. The second-order valence-electron chi connectivity index (χ2n) is 6.83. The zero-order valence-corrected chi connectivity index (χ0v) is 18.2. The Morgan fingerprint density at radius 3 is 1.41 bits per heavy atom. The highest BCUT2D eigenvalue weighted by atomic mass is 16.6. The van der Waals surface area contributed by atoms with Gasteiger partial charge in [-0.2, -0.15) is 0 Å². The molecular weight excluding hydrogens is 386 g/mol. The van der Waals surface area contributed by atoms with Crippen molar-refractivity contribution in [2.45, 2.75) is 33.3 Å². The van der Waals surface area contributed by atoms with Gasteiger partial charge in [0.05, 0.1) is 66.1 Å². The zero-order valence-electron chi connectivity index (χ0n) is 18.2. The molecule has 0 aromatic carbocycles. The number of carbonyl (C=O) groups excluding carboxylic acids is 2. The highest BCUT2D eigenvalue weighted by Crippen LogP contribution is 2.05. The molecule has 0 heterocycles. The van der Waals surface area contributed by atoms with Crippen molar-refractivity contribution in [3.8, 4) is 0 Å². The van der Waals surface area contributed by atoms with Crippen LogP contribution in [0, 0.1) is 0 Å². The van der Waals surface area contributed by atoms with Gasteiger partial charge in [-0.3, -0.25) is 4.79 Å². The van der Waals surface area contributed by atoms with Crippen molar-refractivity contribution in [1.82, 2.24) is 5.32 Å². The molecule has 10 nitrogen and oxygen atoms in total. The van der Waals surface area contributed by atoms with Crippen LogP contribution in [0.2, 0.25) is 0 Å². The fraction of sp³-hybridized carbons (Fsp3) is 0.895. The highest BCUT2D eigenvalue weighted by molar-refractivity contribution is 5.67. The van der Waals surface area contributed by atoms with E-state index >= 15 is 0 Å². The molecule has 1 amide bonds. The molecule has 0 atom stereocenters. The van der Waals surface area contributed by atoms with E-state index in [4.69, 9.17) is 33.2 Å². The first-order valence-electron chi connectivity index (χ1n) is 9.80. The Morgan fingerprint density at radius 1 is 0.655 bits per heavy atom. The van der Waals surface area contributed by atoms with Gasteiger partial charge in [0.2, 0.25) is 0 Å². The summed E-state index contributed by atoms with van der Waals surface area (Å²) in [5, 5.41) is 2.61. The van der Waals surface area contributed by atoms with Crippen molar-refractivity contribution >= 4 is 12.1 Å². The maximum Gasteiger partial charge on any atom is 0.407 e. The second-order valence-corrected chi connectivity index (χ2v) is 6.83. The van der Waals surface area contributed by atoms with Gasteiger partial charge in [-0.1, -0.05) is 0 Å². The number of carbonyl (C=O) groups is 2. The summed E-state index contributed by atoms with van der Waals surface area (Å²) >= 11 is 0. The Labute approximate surface area is 173 Å². The number of amides is 1. The quantitative estimate of drug-likeness (QED) is 0.256. The molecule has 0 aromatic heterocycles. The Morgan fingerprint density at radius 2 is 1.03 bits per heavy atom. The number of hydrogen-bond donors (Lipinski definition) is 1. The summed E-state index contributed by atoms with van der Waals surface area (Å²) < 4.78 is 36.5. The van der Waals surface area contributed by atoms with Gasteiger partial charge in [-0.25, -0.2) is 4.79 Å². The first kappa shape index (κ1) is 27.5. The molecule has 0 rings (SSSR count). The molecule has 0 spiro atoms. The molecule has 0 aliphatic carbocycles. The lowest BCUT2D eigenvalue weighted by Crippen LogP contribution is -2.34. The van der Waals surface area contributed by atoms with Crippen LogP contribution in [0.5, 0.6) is 0 Å². The molecule has 0 radical (unpaired) electrons. The molecule has 172 valence electrons. The fourth-order valence-electron chi connectivity index (χ4n) is 1.77. The van der Waals surface area contributed by atoms with Crippen LogP contribution in [-0.2, 0) is 38.0 Å². The molecule has 1 N–H and O–H groups in total. The van der Waals surface area contributed by atoms with Gasteiger partial charge >= 0.3 is 12.1 Å². The van der Waals surface area contributed by atoms with Crippen molar-refractivity contribution in [3.63, 3.8) is 0 Å². The van der Waals surface area contributed by atoms with Crippen LogP contribution in [0.3, 0.4) is 0 Å². The largest absolute Gasteiger partial charge is 0.463 e. The second kappa shape index (κ2) is 18.6. The third-order valence-electron chi connectivity index (χ3n) is 2.94. The number of hydrogen-bond acceptors (Lipinski definition) is 9. The van der Waals surface area contributed by atoms with Gasteiger partial charge in [-0.15, -0.1) is 0 Å². The standard InChI is InChI=1S/C19H37NO9/c1-17(21)28-16-15-27-14-13-26-12-11-25-10-9-24-8-7-23-6-5-20-18(22)29-19(2,3)4/h5-16H2,1-4H3,(H,20,22). The van der Waals surface area contributed by atoms with E-state index in [1.807, 2.05) is 20.8 Å². The van der Waals surface area contributed by atoms with E-state index in [2.05, 4.69) is 5.32 Å². The van der Waals surface area contributed by atoms with Crippen LogP contribution in [0.4, 0.5) is 4.79 Å².